The van der Waals surface area contributed by atoms with E-state index >= 15 is 0 Å². The number of aromatic nitrogens is 2. The van der Waals surface area contributed by atoms with Crippen LogP contribution in [0, 0.1) is 0 Å². The molecule has 2 aromatic rings. The highest BCUT2D eigenvalue weighted by atomic mass is 35.5. The monoisotopic (exact) mass is 275 g/mol. The summed E-state index contributed by atoms with van der Waals surface area (Å²) in [6.45, 7) is 0.296. The lowest BCUT2D eigenvalue weighted by molar-refractivity contribution is -0.140. The Kier molecular flexibility index (Phi) is 3.47. The molecule has 0 aliphatic heterocycles. The zero-order chi connectivity index (χ0) is 13.2. The van der Waals surface area contributed by atoms with E-state index in [4.69, 9.17) is 11.6 Å². The molecule has 0 atom stereocenters. The van der Waals surface area contributed by atoms with Crippen LogP contribution in [0.4, 0.5) is 19.1 Å². The van der Waals surface area contributed by atoms with Gasteiger partial charge in [0.2, 0.25) is 5.95 Å². The molecule has 0 bridgehead atoms. The van der Waals surface area contributed by atoms with Gasteiger partial charge in [0.1, 0.15) is 5.69 Å². The van der Waals surface area contributed by atoms with Gasteiger partial charge >= 0.3 is 6.18 Å². The molecule has 1 aromatic carbocycles. The number of benzene rings is 1. The SMILES string of the molecule is FC(F)(F)c1cnc(NCc2ccccc2Cl)[nH]1. The summed E-state index contributed by atoms with van der Waals surface area (Å²) in [4.78, 5) is 5.75. The van der Waals surface area contributed by atoms with Gasteiger partial charge in [-0.05, 0) is 11.6 Å². The average molecular weight is 276 g/mol. The van der Waals surface area contributed by atoms with Crippen molar-refractivity contribution in [3.8, 4) is 0 Å². The normalized spacial score (nSPS) is 11.6. The maximum Gasteiger partial charge on any atom is 0.432 e. The molecule has 1 heterocycles. The van der Waals surface area contributed by atoms with Crippen molar-refractivity contribution in [2.45, 2.75) is 12.7 Å². The van der Waals surface area contributed by atoms with E-state index in [9.17, 15) is 13.2 Å². The van der Waals surface area contributed by atoms with Crippen molar-refractivity contribution in [1.82, 2.24) is 9.97 Å². The Hall–Kier alpha value is -1.69. The molecule has 1 aromatic heterocycles. The second-order valence-electron chi connectivity index (χ2n) is 3.59. The second kappa shape index (κ2) is 4.89. The first-order chi connectivity index (χ1) is 8.47. The van der Waals surface area contributed by atoms with Gasteiger partial charge in [0.05, 0.1) is 6.20 Å². The minimum Gasteiger partial charge on any atom is -0.352 e. The molecule has 96 valence electrons. The molecule has 0 aliphatic carbocycles. The van der Waals surface area contributed by atoms with E-state index in [0.29, 0.717) is 11.6 Å². The number of nitrogens with zero attached hydrogens (tertiary/aromatic N) is 1. The lowest BCUT2D eigenvalue weighted by Crippen LogP contribution is -2.06. The Morgan fingerprint density at radius 1 is 1.28 bits per heavy atom. The smallest absolute Gasteiger partial charge is 0.352 e. The Morgan fingerprint density at radius 2 is 2.00 bits per heavy atom. The predicted molar refractivity (Wildman–Crippen MR) is 62.4 cm³/mol. The van der Waals surface area contributed by atoms with Crippen LogP contribution in [0.1, 0.15) is 11.3 Å². The standard InChI is InChI=1S/C11H9ClF3N3/c12-8-4-2-1-3-7(8)5-16-10-17-6-9(18-10)11(13,14)15/h1-4,6H,5H2,(H2,16,17,18). The number of nitrogens with one attached hydrogen (secondary N) is 2. The first-order valence-corrected chi connectivity index (χ1v) is 5.44. The van der Waals surface area contributed by atoms with Crippen molar-refractivity contribution in [2.24, 2.45) is 0 Å². The Balaban J connectivity index is 2.03. The molecule has 0 unspecified atom stereocenters. The van der Waals surface area contributed by atoms with Crippen molar-refractivity contribution < 1.29 is 13.2 Å². The fraction of sp³-hybridized carbons (Fsp3) is 0.182. The molecule has 0 saturated heterocycles. The highest BCUT2D eigenvalue weighted by molar-refractivity contribution is 6.31. The zero-order valence-electron chi connectivity index (χ0n) is 9.05. The van der Waals surface area contributed by atoms with E-state index < -0.39 is 11.9 Å². The van der Waals surface area contributed by atoms with E-state index in [1.807, 2.05) is 0 Å². The van der Waals surface area contributed by atoms with Crippen LogP contribution in [0.2, 0.25) is 5.02 Å². The minimum atomic E-state index is -4.42. The third-order valence-corrected chi connectivity index (χ3v) is 2.65. The van der Waals surface area contributed by atoms with Gasteiger partial charge in [-0.2, -0.15) is 13.2 Å². The maximum atomic E-state index is 12.3. The van der Waals surface area contributed by atoms with E-state index in [2.05, 4.69) is 15.3 Å². The van der Waals surface area contributed by atoms with Crippen LogP contribution >= 0.6 is 11.6 Å². The lowest BCUT2D eigenvalue weighted by atomic mass is 10.2. The van der Waals surface area contributed by atoms with Crippen molar-refractivity contribution in [3.05, 3.63) is 46.7 Å². The second-order valence-corrected chi connectivity index (χ2v) is 4.00. The molecule has 2 rings (SSSR count). The van der Waals surface area contributed by atoms with Crippen LogP contribution in [0.15, 0.2) is 30.5 Å². The average Bonchev–Trinajstić information content (AvgIpc) is 2.76. The molecule has 3 nitrogen and oxygen atoms in total. The summed E-state index contributed by atoms with van der Waals surface area (Å²) in [7, 11) is 0. The first-order valence-electron chi connectivity index (χ1n) is 5.06. The highest BCUT2D eigenvalue weighted by Gasteiger charge is 2.32. The number of aromatic amines is 1. The topological polar surface area (TPSA) is 40.7 Å². The van der Waals surface area contributed by atoms with E-state index in [-0.39, 0.29) is 5.95 Å². The van der Waals surface area contributed by atoms with Crippen molar-refractivity contribution in [1.29, 1.82) is 0 Å². The Labute approximate surface area is 106 Å². The fourth-order valence-electron chi connectivity index (χ4n) is 1.38. The van der Waals surface area contributed by atoms with Gasteiger partial charge in [-0.15, -0.1) is 0 Å². The van der Waals surface area contributed by atoms with Crippen LogP contribution in [-0.4, -0.2) is 9.97 Å². The molecule has 7 heteroatoms. The molecule has 2 N–H and O–H groups in total. The molecule has 0 saturated carbocycles. The van der Waals surface area contributed by atoms with E-state index in [1.165, 1.54) is 0 Å². The number of anilines is 1. The summed E-state index contributed by atoms with van der Waals surface area (Å²) >= 11 is 5.92. The third kappa shape index (κ3) is 2.95. The zero-order valence-corrected chi connectivity index (χ0v) is 9.81. The fourth-order valence-corrected chi connectivity index (χ4v) is 1.58. The number of alkyl halides is 3. The van der Waals surface area contributed by atoms with Gasteiger partial charge in [-0.25, -0.2) is 4.98 Å². The van der Waals surface area contributed by atoms with Gasteiger partial charge in [-0.1, -0.05) is 29.8 Å². The Morgan fingerprint density at radius 3 is 2.61 bits per heavy atom. The van der Waals surface area contributed by atoms with Gasteiger partial charge < -0.3 is 10.3 Å². The van der Waals surface area contributed by atoms with E-state index in [0.717, 1.165) is 11.8 Å². The van der Waals surface area contributed by atoms with Crippen LogP contribution in [0.5, 0.6) is 0 Å². The molecule has 0 spiro atoms. The van der Waals surface area contributed by atoms with E-state index in [1.54, 1.807) is 24.3 Å². The molecule has 0 fully saturated rings. The number of hydrogen-bond acceptors (Lipinski definition) is 2. The molecule has 18 heavy (non-hydrogen) atoms. The number of rotatable bonds is 3. The lowest BCUT2D eigenvalue weighted by Gasteiger charge is -2.05. The third-order valence-electron chi connectivity index (χ3n) is 2.29. The summed E-state index contributed by atoms with van der Waals surface area (Å²) in [6, 6.07) is 7.07. The molecule has 0 radical (unpaired) electrons. The predicted octanol–water partition coefficient (Wildman–Crippen LogP) is 3.69. The summed E-state index contributed by atoms with van der Waals surface area (Å²) in [5, 5.41) is 3.29. The Bertz CT molecular complexity index is 536. The van der Waals surface area contributed by atoms with Gasteiger partial charge in [0.25, 0.3) is 0 Å². The summed E-state index contributed by atoms with van der Waals surface area (Å²) in [5.41, 5.74) is -0.103. The largest absolute Gasteiger partial charge is 0.432 e. The minimum absolute atomic E-state index is 0.0576. The maximum absolute atomic E-state index is 12.3. The number of hydrogen-bond donors (Lipinski definition) is 2. The molecule has 0 amide bonds. The van der Waals surface area contributed by atoms with Crippen LogP contribution < -0.4 is 5.32 Å². The van der Waals surface area contributed by atoms with Gasteiger partial charge in [0.15, 0.2) is 0 Å². The van der Waals surface area contributed by atoms with Crippen molar-refractivity contribution >= 4 is 17.5 Å². The van der Waals surface area contributed by atoms with Crippen LogP contribution in [-0.2, 0) is 12.7 Å². The summed E-state index contributed by atoms with van der Waals surface area (Å²) < 4.78 is 36.9. The highest BCUT2D eigenvalue weighted by Crippen LogP contribution is 2.28. The van der Waals surface area contributed by atoms with Gasteiger partial charge in [0, 0.05) is 11.6 Å². The first kappa shape index (κ1) is 12.8. The van der Waals surface area contributed by atoms with Crippen molar-refractivity contribution in [2.75, 3.05) is 5.32 Å². The summed E-state index contributed by atoms with van der Waals surface area (Å²) in [6.07, 6.45) is -3.67. The molecule has 0 aliphatic rings. The van der Waals surface area contributed by atoms with Gasteiger partial charge in [-0.3, -0.25) is 0 Å². The quantitative estimate of drug-likeness (QED) is 0.897. The van der Waals surface area contributed by atoms with Crippen LogP contribution in [0.3, 0.4) is 0 Å². The number of H-pyrrole nitrogens is 1. The number of halogens is 4. The summed E-state index contributed by atoms with van der Waals surface area (Å²) in [5.74, 6) is 0.0576. The van der Waals surface area contributed by atoms with Crippen molar-refractivity contribution in [3.63, 3.8) is 0 Å². The number of imidazole rings is 1. The van der Waals surface area contributed by atoms with Crippen LogP contribution in [0.25, 0.3) is 0 Å². The molecular weight excluding hydrogens is 267 g/mol. The molecular formula is C11H9ClF3N3.